The van der Waals surface area contributed by atoms with Crippen LogP contribution in [0.1, 0.15) is 5.69 Å². The maximum atomic E-state index is 6.09. The molecular weight excluding hydrogens is 292 g/mol. The molecule has 0 bridgehead atoms. The zero-order chi connectivity index (χ0) is 15.4. The fourth-order valence-corrected chi connectivity index (χ4v) is 2.07. The van der Waals surface area contributed by atoms with E-state index in [9.17, 15) is 0 Å². The summed E-state index contributed by atoms with van der Waals surface area (Å²) < 4.78 is 10.5. The van der Waals surface area contributed by atoms with Crippen molar-refractivity contribution in [3.05, 3.63) is 28.9 Å². The van der Waals surface area contributed by atoms with E-state index < -0.39 is 0 Å². The highest BCUT2D eigenvalue weighted by atomic mass is 35.5. The summed E-state index contributed by atoms with van der Waals surface area (Å²) in [5.74, 6) is 2.34. The van der Waals surface area contributed by atoms with Gasteiger partial charge in [-0.1, -0.05) is 11.6 Å². The van der Waals surface area contributed by atoms with Gasteiger partial charge in [0.25, 0.3) is 0 Å². The molecule has 0 atom stereocenters. The van der Waals surface area contributed by atoms with Gasteiger partial charge in [-0.3, -0.25) is 0 Å². The lowest BCUT2D eigenvalue weighted by molar-refractivity contribution is 0.405. The number of anilines is 3. The SMILES string of the molecule is CNc1nc(C)cc(Nc2cc(OC)c(Cl)cc2OC)n1. The van der Waals surface area contributed by atoms with Gasteiger partial charge in [-0.05, 0) is 6.92 Å². The van der Waals surface area contributed by atoms with Crippen LogP contribution in [0.15, 0.2) is 18.2 Å². The Morgan fingerprint density at radius 1 is 1.05 bits per heavy atom. The van der Waals surface area contributed by atoms with E-state index in [0.717, 1.165) is 5.69 Å². The van der Waals surface area contributed by atoms with Crippen molar-refractivity contribution in [1.82, 2.24) is 9.97 Å². The number of methoxy groups -OCH3 is 2. The molecule has 0 aliphatic rings. The first kappa shape index (κ1) is 15.2. The molecule has 0 saturated carbocycles. The molecule has 0 amide bonds. The summed E-state index contributed by atoms with van der Waals surface area (Å²) in [7, 11) is 4.91. The third-order valence-corrected chi connectivity index (χ3v) is 3.11. The number of hydrogen-bond acceptors (Lipinski definition) is 6. The van der Waals surface area contributed by atoms with Crippen molar-refractivity contribution in [2.45, 2.75) is 6.92 Å². The van der Waals surface area contributed by atoms with E-state index in [0.29, 0.717) is 34.0 Å². The van der Waals surface area contributed by atoms with Crippen molar-refractivity contribution in [2.75, 3.05) is 31.9 Å². The van der Waals surface area contributed by atoms with Gasteiger partial charge in [0.1, 0.15) is 17.3 Å². The van der Waals surface area contributed by atoms with Crippen LogP contribution in [0.25, 0.3) is 0 Å². The molecule has 21 heavy (non-hydrogen) atoms. The van der Waals surface area contributed by atoms with Gasteiger partial charge in [-0.25, -0.2) is 4.98 Å². The van der Waals surface area contributed by atoms with E-state index in [-0.39, 0.29) is 0 Å². The summed E-state index contributed by atoms with van der Waals surface area (Å²) >= 11 is 6.09. The second-order valence-corrected chi connectivity index (χ2v) is 4.69. The first-order chi connectivity index (χ1) is 10.1. The number of hydrogen-bond donors (Lipinski definition) is 2. The van der Waals surface area contributed by atoms with Gasteiger partial charge < -0.3 is 20.1 Å². The normalized spacial score (nSPS) is 10.1. The smallest absolute Gasteiger partial charge is 0.224 e. The minimum absolute atomic E-state index is 0.481. The maximum absolute atomic E-state index is 6.09. The quantitative estimate of drug-likeness (QED) is 0.884. The molecule has 7 heteroatoms. The highest BCUT2D eigenvalue weighted by Crippen LogP contribution is 2.37. The number of benzene rings is 1. The molecule has 0 fully saturated rings. The second-order valence-electron chi connectivity index (χ2n) is 4.28. The molecule has 0 unspecified atom stereocenters. The topological polar surface area (TPSA) is 68.3 Å². The number of rotatable bonds is 5. The number of ether oxygens (including phenoxy) is 2. The Balaban J connectivity index is 2.40. The van der Waals surface area contributed by atoms with Gasteiger partial charge in [0.2, 0.25) is 5.95 Å². The lowest BCUT2D eigenvalue weighted by Crippen LogP contribution is -2.03. The molecule has 2 aromatic rings. The Morgan fingerprint density at radius 2 is 1.76 bits per heavy atom. The van der Waals surface area contributed by atoms with E-state index in [2.05, 4.69) is 20.6 Å². The van der Waals surface area contributed by atoms with Gasteiger partial charge in [-0.2, -0.15) is 4.98 Å². The van der Waals surface area contributed by atoms with E-state index in [1.165, 1.54) is 0 Å². The molecule has 0 aliphatic carbocycles. The number of nitrogens with one attached hydrogen (secondary N) is 2. The predicted molar refractivity (Wildman–Crippen MR) is 84.2 cm³/mol. The Labute approximate surface area is 128 Å². The number of halogens is 1. The molecule has 0 aliphatic heterocycles. The lowest BCUT2D eigenvalue weighted by atomic mass is 10.2. The molecule has 112 valence electrons. The van der Waals surface area contributed by atoms with Gasteiger partial charge >= 0.3 is 0 Å². The molecule has 0 spiro atoms. The van der Waals surface area contributed by atoms with Crippen LogP contribution < -0.4 is 20.1 Å². The zero-order valence-corrected chi connectivity index (χ0v) is 13.1. The van der Waals surface area contributed by atoms with Crippen LogP contribution in [0.4, 0.5) is 17.5 Å². The average molecular weight is 309 g/mol. The van der Waals surface area contributed by atoms with E-state index in [1.807, 2.05) is 13.0 Å². The minimum Gasteiger partial charge on any atom is -0.495 e. The highest BCUT2D eigenvalue weighted by molar-refractivity contribution is 6.32. The van der Waals surface area contributed by atoms with Gasteiger partial charge in [-0.15, -0.1) is 0 Å². The van der Waals surface area contributed by atoms with Crippen molar-refractivity contribution in [3.8, 4) is 11.5 Å². The van der Waals surface area contributed by atoms with Crippen LogP contribution in [0.2, 0.25) is 5.02 Å². The summed E-state index contributed by atoms with van der Waals surface area (Å²) in [6, 6.07) is 5.29. The van der Waals surface area contributed by atoms with Crippen molar-refractivity contribution >= 4 is 29.1 Å². The molecule has 0 radical (unpaired) electrons. The van der Waals surface area contributed by atoms with Gasteiger partial charge in [0, 0.05) is 30.9 Å². The minimum atomic E-state index is 0.481. The first-order valence-corrected chi connectivity index (χ1v) is 6.67. The molecule has 1 aromatic carbocycles. The average Bonchev–Trinajstić information content (AvgIpc) is 2.47. The Morgan fingerprint density at radius 3 is 2.38 bits per heavy atom. The van der Waals surface area contributed by atoms with Crippen LogP contribution in [0.3, 0.4) is 0 Å². The van der Waals surface area contributed by atoms with Crippen LogP contribution in [0.5, 0.6) is 11.5 Å². The fourth-order valence-electron chi connectivity index (χ4n) is 1.84. The molecular formula is C14H17ClN4O2. The summed E-state index contributed by atoms with van der Waals surface area (Å²) in [5.41, 5.74) is 1.55. The summed E-state index contributed by atoms with van der Waals surface area (Å²) in [6.45, 7) is 1.90. The highest BCUT2D eigenvalue weighted by Gasteiger charge is 2.11. The first-order valence-electron chi connectivity index (χ1n) is 6.29. The van der Waals surface area contributed by atoms with Crippen molar-refractivity contribution < 1.29 is 9.47 Å². The molecule has 1 heterocycles. The van der Waals surface area contributed by atoms with Gasteiger partial charge in [0.15, 0.2) is 0 Å². The lowest BCUT2D eigenvalue weighted by Gasteiger charge is -2.14. The third kappa shape index (κ3) is 3.46. The van der Waals surface area contributed by atoms with Crippen molar-refractivity contribution in [3.63, 3.8) is 0 Å². The second kappa shape index (κ2) is 6.49. The third-order valence-electron chi connectivity index (χ3n) is 2.81. The Bertz CT molecular complexity index is 649. The summed E-state index contributed by atoms with van der Waals surface area (Å²) in [6.07, 6.45) is 0. The van der Waals surface area contributed by atoms with E-state index in [1.54, 1.807) is 33.4 Å². The predicted octanol–water partition coefficient (Wildman–Crippen LogP) is 3.24. The fraction of sp³-hybridized carbons (Fsp3) is 0.286. The molecule has 2 N–H and O–H groups in total. The molecule has 6 nitrogen and oxygen atoms in total. The Kier molecular flexibility index (Phi) is 4.70. The van der Waals surface area contributed by atoms with Crippen LogP contribution in [-0.2, 0) is 0 Å². The monoisotopic (exact) mass is 308 g/mol. The summed E-state index contributed by atoms with van der Waals surface area (Å²) in [4.78, 5) is 8.58. The van der Waals surface area contributed by atoms with Crippen LogP contribution >= 0.6 is 11.6 Å². The largest absolute Gasteiger partial charge is 0.495 e. The maximum Gasteiger partial charge on any atom is 0.224 e. The number of aryl methyl sites for hydroxylation is 1. The van der Waals surface area contributed by atoms with Crippen LogP contribution in [0, 0.1) is 6.92 Å². The zero-order valence-electron chi connectivity index (χ0n) is 12.3. The molecule has 2 rings (SSSR count). The van der Waals surface area contributed by atoms with E-state index >= 15 is 0 Å². The molecule has 1 aromatic heterocycles. The van der Waals surface area contributed by atoms with Crippen molar-refractivity contribution in [2.24, 2.45) is 0 Å². The Hall–Kier alpha value is -2.21. The van der Waals surface area contributed by atoms with Crippen molar-refractivity contribution in [1.29, 1.82) is 0 Å². The standard InChI is InChI=1S/C14H17ClN4O2/c1-8-5-13(19-14(16-2)17-8)18-10-7-11(20-3)9(15)6-12(10)21-4/h5-7H,1-4H3,(H2,16,17,18,19). The molecule has 0 saturated heterocycles. The van der Waals surface area contributed by atoms with Gasteiger partial charge in [0.05, 0.1) is 24.9 Å². The van der Waals surface area contributed by atoms with E-state index in [4.69, 9.17) is 21.1 Å². The van der Waals surface area contributed by atoms with Crippen LogP contribution in [-0.4, -0.2) is 31.2 Å². The number of aromatic nitrogens is 2. The number of nitrogens with zero attached hydrogens (tertiary/aromatic N) is 2. The summed E-state index contributed by atoms with van der Waals surface area (Å²) in [5, 5.41) is 6.58.